The Balaban J connectivity index is 2.20. The summed E-state index contributed by atoms with van der Waals surface area (Å²) in [7, 11) is 0. The summed E-state index contributed by atoms with van der Waals surface area (Å²) >= 11 is 6.08. The molecular formula is C14H12ClFN2O2. The first-order valence-corrected chi connectivity index (χ1v) is 6.31. The molecule has 2 aromatic carbocycles. The maximum absolute atomic E-state index is 13.5. The second-order valence-electron chi connectivity index (χ2n) is 4.31. The number of nitrogens with zero attached hydrogens (tertiary/aromatic N) is 1. The Hall–Kier alpha value is -2.14. The van der Waals surface area contributed by atoms with Gasteiger partial charge in [-0.1, -0.05) is 29.8 Å². The average molecular weight is 295 g/mol. The van der Waals surface area contributed by atoms with E-state index in [0.29, 0.717) is 10.7 Å². The van der Waals surface area contributed by atoms with Gasteiger partial charge in [0, 0.05) is 28.9 Å². The molecule has 20 heavy (non-hydrogen) atoms. The Kier molecular flexibility index (Phi) is 4.20. The summed E-state index contributed by atoms with van der Waals surface area (Å²) in [6.07, 6.45) is 0. The lowest BCUT2D eigenvalue weighted by atomic mass is 10.1. The van der Waals surface area contributed by atoms with Gasteiger partial charge in [0.05, 0.1) is 4.92 Å². The molecule has 2 aromatic rings. The third-order valence-corrected chi connectivity index (χ3v) is 3.24. The van der Waals surface area contributed by atoms with Crippen LogP contribution in [0.2, 0.25) is 5.02 Å². The van der Waals surface area contributed by atoms with Crippen molar-refractivity contribution in [1.29, 1.82) is 0 Å². The van der Waals surface area contributed by atoms with Crippen LogP contribution in [0.3, 0.4) is 0 Å². The fourth-order valence-corrected chi connectivity index (χ4v) is 2.20. The van der Waals surface area contributed by atoms with E-state index in [-0.39, 0.29) is 6.04 Å². The molecule has 1 N–H and O–H groups in total. The summed E-state index contributed by atoms with van der Waals surface area (Å²) < 4.78 is 13.5. The summed E-state index contributed by atoms with van der Waals surface area (Å²) in [4.78, 5) is 9.80. The topological polar surface area (TPSA) is 55.2 Å². The van der Waals surface area contributed by atoms with Crippen molar-refractivity contribution in [3.8, 4) is 0 Å². The molecule has 0 bridgehead atoms. The molecule has 0 aromatic heterocycles. The molecule has 0 saturated carbocycles. The van der Waals surface area contributed by atoms with Crippen LogP contribution in [0.25, 0.3) is 0 Å². The third-order valence-electron chi connectivity index (χ3n) is 2.90. The molecule has 4 nitrogen and oxygen atoms in total. The Bertz CT molecular complexity index is 649. The molecule has 0 fully saturated rings. The Morgan fingerprint density at radius 2 is 2.00 bits per heavy atom. The number of rotatable bonds is 4. The van der Waals surface area contributed by atoms with Crippen molar-refractivity contribution in [3.05, 3.63) is 69.0 Å². The third kappa shape index (κ3) is 3.05. The number of halogens is 2. The second kappa shape index (κ2) is 5.88. The minimum atomic E-state index is -0.869. The van der Waals surface area contributed by atoms with E-state index >= 15 is 0 Å². The van der Waals surface area contributed by atoms with Gasteiger partial charge in [0.1, 0.15) is 0 Å². The first-order chi connectivity index (χ1) is 9.49. The predicted octanol–water partition coefficient (Wildman–Crippen LogP) is 4.56. The first-order valence-electron chi connectivity index (χ1n) is 5.94. The lowest BCUT2D eigenvalue weighted by molar-refractivity contribution is -0.387. The number of nitrogens with one attached hydrogen (secondary N) is 1. The van der Waals surface area contributed by atoms with Crippen LogP contribution in [-0.4, -0.2) is 4.92 Å². The van der Waals surface area contributed by atoms with Gasteiger partial charge in [-0.05, 0) is 24.6 Å². The first kappa shape index (κ1) is 14.3. The van der Waals surface area contributed by atoms with Crippen molar-refractivity contribution in [3.63, 3.8) is 0 Å². The fourth-order valence-electron chi connectivity index (χ4n) is 1.90. The molecule has 0 aliphatic rings. The molecular weight excluding hydrogens is 283 g/mol. The van der Waals surface area contributed by atoms with Gasteiger partial charge in [-0.25, -0.2) is 0 Å². The highest BCUT2D eigenvalue weighted by molar-refractivity contribution is 6.31. The summed E-state index contributed by atoms with van der Waals surface area (Å²) in [5, 5.41) is 14.2. The molecule has 104 valence electrons. The number of hydrogen-bond donors (Lipinski definition) is 1. The summed E-state index contributed by atoms with van der Waals surface area (Å²) in [5.74, 6) is -0.869. The smallest absolute Gasteiger partial charge is 0.304 e. The van der Waals surface area contributed by atoms with Crippen molar-refractivity contribution in [2.45, 2.75) is 13.0 Å². The van der Waals surface area contributed by atoms with Gasteiger partial charge < -0.3 is 5.32 Å². The monoisotopic (exact) mass is 294 g/mol. The Morgan fingerprint density at radius 1 is 1.30 bits per heavy atom. The molecule has 1 unspecified atom stereocenters. The van der Waals surface area contributed by atoms with Crippen molar-refractivity contribution < 1.29 is 9.31 Å². The molecule has 1 atom stereocenters. The SMILES string of the molecule is CC(Nc1ccc([N+](=O)[O-])c(F)c1)c1ccccc1Cl. The maximum atomic E-state index is 13.5. The van der Waals surface area contributed by atoms with Crippen LogP contribution in [0.4, 0.5) is 15.8 Å². The van der Waals surface area contributed by atoms with Crippen LogP contribution in [-0.2, 0) is 0 Å². The van der Waals surface area contributed by atoms with Crippen LogP contribution >= 0.6 is 11.6 Å². The highest BCUT2D eigenvalue weighted by atomic mass is 35.5. The van der Waals surface area contributed by atoms with Gasteiger partial charge in [0.15, 0.2) is 0 Å². The quantitative estimate of drug-likeness (QED) is 0.664. The Labute approximate surface area is 120 Å². The zero-order chi connectivity index (χ0) is 14.7. The minimum absolute atomic E-state index is 0.149. The zero-order valence-electron chi connectivity index (χ0n) is 10.6. The van der Waals surface area contributed by atoms with Crippen LogP contribution in [0.5, 0.6) is 0 Å². The van der Waals surface area contributed by atoms with E-state index in [9.17, 15) is 14.5 Å². The molecule has 0 aliphatic carbocycles. The minimum Gasteiger partial charge on any atom is -0.378 e. The highest BCUT2D eigenvalue weighted by Crippen LogP contribution is 2.27. The Morgan fingerprint density at radius 3 is 2.60 bits per heavy atom. The summed E-state index contributed by atoms with van der Waals surface area (Å²) in [6, 6.07) is 10.9. The molecule has 0 heterocycles. The number of nitro benzene ring substituents is 1. The van der Waals surface area contributed by atoms with Gasteiger partial charge in [0.25, 0.3) is 0 Å². The van der Waals surface area contributed by atoms with E-state index in [4.69, 9.17) is 11.6 Å². The van der Waals surface area contributed by atoms with Crippen LogP contribution in [0, 0.1) is 15.9 Å². The molecule has 0 saturated heterocycles. The van der Waals surface area contributed by atoms with Crippen molar-refractivity contribution in [2.24, 2.45) is 0 Å². The maximum Gasteiger partial charge on any atom is 0.304 e. The van der Waals surface area contributed by atoms with Gasteiger partial charge in [-0.2, -0.15) is 4.39 Å². The van der Waals surface area contributed by atoms with Crippen molar-refractivity contribution >= 4 is 23.0 Å². The molecule has 0 amide bonds. The van der Waals surface area contributed by atoms with E-state index < -0.39 is 16.4 Å². The van der Waals surface area contributed by atoms with E-state index in [1.165, 1.54) is 6.07 Å². The van der Waals surface area contributed by atoms with E-state index in [1.54, 1.807) is 6.07 Å². The van der Waals surface area contributed by atoms with Gasteiger partial charge in [0.2, 0.25) is 5.82 Å². The lowest BCUT2D eigenvalue weighted by Gasteiger charge is -2.17. The molecule has 0 radical (unpaired) electrons. The standard InChI is InChI=1S/C14H12ClFN2O2/c1-9(11-4-2-3-5-12(11)15)17-10-6-7-14(18(19)20)13(16)8-10/h2-9,17H,1H3. The van der Waals surface area contributed by atoms with Crippen molar-refractivity contribution in [2.75, 3.05) is 5.32 Å². The number of benzene rings is 2. The number of anilines is 1. The molecule has 0 spiro atoms. The highest BCUT2D eigenvalue weighted by Gasteiger charge is 2.15. The average Bonchev–Trinajstić information content (AvgIpc) is 2.38. The fraction of sp³-hybridized carbons (Fsp3) is 0.143. The molecule has 0 aliphatic heterocycles. The number of hydrogen-bond acceptors (Lipinski definition) is 3. The van der Waals surface area contributed by atoms with Gasteiger partial charge in [-0.3, -0.25) is 10.1 Å². The van der Waals surface area contributed by atoms with Crippen molar-refractivity contribution in [1.82, 2.24) is 0 Å². The normalized spacial score (nSPS) is 11.9. The van der Waals surface area contributed by atoms with E-state index in [0.717, 1.165) is 17.7 Å². The molecule has 2 rings (SSSR count). The van der Waals surface area contributed by atoms with Crippen LogP contribution in [0.1, 0.15) is 18.5 Å². The van der Waals surface area contributed by atoms with E-state index in [2.05, 4.69) is 5.32 Å². The largest absolute Gasteiger partial charge is 0.378 e. The second-order valence-corrected chi connectivity index (χ2v) is 4.72. The predicted molar refractivity (Wildman–Crippen MR) is 76.5 cm³/mol. The summed E-state index contributed by atoms with van der Waals surface area (Å²) in [5.41, 5.74) is 0.786. The summed E-state index contributed by atoms with van der Waals surface area (Å²) in [6.45, 7) is 1.88. The van der Waals surface area contributed by atoms with Gasteiger partial charge >= 0.3 is 5.69 Å². The number of nitro groups is 1. The van der Waals surface area contributed by atoms with Gasteiger partial charge in [-0.15, -0.1) is 0 Å². The molecule has 6 heteroatoms. The van der Waals surface area contributed by atoms with Crippen LogP contribution in [0.15, 0.2) is 42.5 Å². The van der Waals surface area contributed by atoms with E-state index in [1.807, 2.05) is 25.1 Å². The zero-order valence-corrected chi connectivity index (χ0v) is 11.4. The lowest BCUT2D eigenvalue weighted by Crippen LogP contribution is -2.07. The van der Waals surface area contributed by atoms with Crippen LogP contribution < -0.4 is 5.32 Å².